The van der Waals surface area contributed by atoms with E-state index in [-0.39, 0.29) is 5.91 Å². The first-order valence-corrected chi connectivity index (χ1v) is 5.63. The van der Waals surface area contributed by atoms with Gasteiger partial charge in [0.1, 0.15) is 5.75 Å². The number of nitrogens with zero attached hydrogens (tertiary/aromatic N) is 1. The second kappa shape index (κ2) is 5.35. The number of ether oxygens (including phenoxy) is 1. The molecule has 0 saturated heterocycles. The van der Waals surface area contributed by atoms with Gasteiger partial charge in [-0.05, 0) is 24.1 Å². The molecule has 5 heteroatoms. The molecule has 0 aliphatic heterocycles. The third-order valence-electron chi connectivity index (χ3n) is 2.59. The van der Waals surface area contributed by atoms with Gasteiger partial charge in [0.25, 0.3) is 5.91 Å². The van der Waals surface area contributed by atoms with Gasteiger partial charge in [0.2, 0.25) is 5.88 Å². The molecule has 1 aromatic heterocycles. The molecule has 2 rings (SSSR count). The number of rotatable bonds is 4. The van der Waals surface area contributed by atoms with E-state index in [1.807, 2.05) is 19.1 Å². The average molecular weight is 246 g/mol. The Morgan fingerprint density at radius 3 is 2.89 bits per heavy atom. The minimum atomic E-state index is -0.286. The number of hydrogen-bond donors (Lipinski definition) is 1. The second-order valence-electron chi connectivity index (χ2n) is 3.72. The van der Waals surface area contributed by atoms with Gasteiger partial charge in [0.05, 0.1) is 18.9 Å². The van der Waals surface area contributed by atoms with Gasteiger partial charge in [0, 0.05) is 6.07 Å². The molecule has 1 aromatic carbocycles. The summed E-state index contributed by atoms with van der Waals surface area (Å²) < 4.78 is 10.0. The first kappa shape index (κ1) is 12.2. The quantitative estimate of drug-likeness (QED) is 0.900. The normalized spacial score (nSPS) is 10.1. The Balaban J connectivity index is 2.24. The lowest BCUT2D eigenvalue weighted by molar-refractivity contribution is 0.102. The molecule has 0 saturated carbocycles. The molecule has 0 aliphatic rings. The van der Waals surface area contributed by atoms with Crippen molar-refractivity contribution in [1.82, 2.24) is 5.16 Å². The van der Waals surface area contributed by atoms with Crippen LogP contribution in [0, 0.1) is 0 Å². The number of anilines is 1. The fraction of sp³-hybridized carbons (Fsp3) is 0.231. The van der Waals surface area contributed by atoms with Crippen molar-refractivity contribution < 1.29 is 14.1 Å². The third-order valence-corrected chi connectivity index (χ3v) is 2.59. The van der Waals surface area contributed by atoms with Crippen molar-refractivity contribution in [1.29, 1.82) is 0 Å². The Kier molecular flexibility index (Phi) is 3.62. The molecule has 0 atom stereocenters. The average Bonchev–Trinajstić information content (AvgIpc) is 2.90. The van der Waals surface area contributed by atoms with E-state index in [9.17, 15) is 4.79 Å². The summed E-state index contributed by atoms with van der Waals surface area (Å²) in [5.41, 5.74) is 1.58. The van der Waals surface area contributed by atoms with Crippen molar-refractivity contribution in [3.05, 3.63) is 41.6 Å². The topological polar surface area (TPSA) is 64.4 Å². The van der Waals surface area contributed by atoms with Crippen molar-refractivity contribution in [3.8, 4) is 5.75 Å². The van der Waals surface area contributed by atoms with Crippen LogP contribution >= 0.6 is 0 Å². The lowest BCUT2D eigenvalue weighted by Crippen LogP contribution is -2.12. The number of methoxy groups -OCH3 is 1. The maximum atomic E-state index is 12.0. The monoisotopic (exact) mass is 246 g/mol. The first-order valence-electron chi connectivity index (χ1n) is 5.63. The number of hydrogen-bond acceptors (Lipinski definition) is 4. The second-order valence-corrected chi connectivity index (χ2v) is 3.72. The molecule has 5 nitrogen and oxygen atoms in total. The highest BCUT2D eigenvalue weighted by molar-refractivity contribution is 6.05. The van der Waals surface area contributed by atoms with Crippen LogP contribution in [-0.4, -0.2) is 18.2 Å². The van der Waals surface area contributed by atoms with Gasteiger partial charge in [-0.25, -0.2) is 0 Å². The van der Waals surface area contributed by atoms with E-state index in [1.165, 1.54) is 6.20 Å². The van der Waals surface area contributed by atoms with Gasteiger partial charge in [0.15, 0.2) is 0 Å². The number of carbonyl (C=O) groups excluding carboxylic acids is 1. The maximum absolute atomic E-state index is 12.0. The smallest absolute Gasteiger partial charge is 0.261 e. The van der Waals surface area contributed by atoms with Gasteiger partial charge in [-0.15, -0.1) is 0 Å². The zero-order valence-corrected chi connectivity index (χ0v) is 10.3. The van der Waals surface area contributed by atoms with E-state index in [0.29, 0.717) is 17.2 Å². The molecule has 0 bridgehead atoms. The zero-order chi connectivity index (χ0) is 13.0. The van der Waals surface area contributed by atoms with Crippen LogP contribution in [-0.2, 0) is 6.42 Å². The highest BCUT2D eigenvalue weighted by atomic mass is 16.5. The first-order chi connectivity index (χ1) is 8.74. The number of carbonyl (C=O) groups is 1. The predicted octanol–water partition coefficient (Wildman–Crippen LogP) is 2.50. The van der Waals surface area contributed by atoms with Crippen LogP contribution in [0.4, 0.5) is 5.88 Å². The molecular formula is C13H14N2O3. The lowest BCUT2D eigenvalue weighted by atomic mass is 10.1. The standard InChI is InChI=1S/C13H14N2O3/c1-3-9-4-5-10(11(8-9)17-2)13(16)15-12-6-7-14-18-12/h4-8H,3H2,1-2H3,(H,15,16). The minimum Gasteiger partial charge on any atom is -0.496 e. The Labute approximate surface area is 105 Å². The Hall–Kier alpha value is -2.30. The van der Waals surface area contributed by atoms with Gasteiger partial charge in [-0.2, -0.15) is 0 Å². The summed E-state index contributed by atoms with van der Waals surface area (Å²) in [4.78, 5) is 12.0. The van der Waals surface area contributed by atoms with Gasteiger partial charge in [-0.1, -0.05) is 18.1 Å². The molecule has 0 radical (unpaired) electrons. The molecule has 0 unspecified atom stereocenters. The highest BCUT2D eigenvalue weighted by Gasteiger charge is 2.14. The van der Waals surface area contributed by atoms with Crippen LogP contribution in [0.15, 0.2) is 35.0 Å². The number of aryl methyl sites for hydroxylation is 1. The zero-order valence-electron chi connectivity index (χ0n) is 10.3. The van der Waals surface area contributed by atoms with Crippen LogP contribution in [0.2, 0.25) is 0 Å². The van der Waals surface area contributed by atoms with Crippen molar-refractivity contribution in [3.63, 3.8) is 0 Å². The van der Waals surface area contributed by atoms with Crippen LogP contribution in [0.3, 0.4) is 0 Å². The van der Waals surface area contributed by atoms with E-state index in [4.69, 9.17) is 9.26 Å². The van der Waals surface area contributed by atoms with Crippen LogP contribution in [0.5, 0.6) is 5.75 Å². The Morgan fingerprint density at radius 2 is 2.28 bits per heavy atom. The summed E-state index contributed by atoms with van der Waals surface area (Å²) in [6.07, 6.45) is 2.35. The Bertz CT molecular complexity index is 535. The van der Waals surface area contributed by atoms with E-state index >= 15 is 0 Å². The van der Waals surface area contributed by atoms with Crippen molar-refractivity contribution in [2.75, 3.05) is 12.4 Å². The molecule has 1 heterocycles. The molecule has 0 aliphatic carbocycles. The summed E-state index contributed by atoms with van der Waals surface area (Å²) >= 11 is 0. The highest BCUT2D eigenvalue weighted by Crippen LogP contribution is 2.21. The van der Waals surface area contributed by atoms with Crippen molar-refractivity contribution >= 4 is 11.8 Å². The van der Waals surface area contributed by atoms with Crippen LogP contribution < -0.4 is 10.1 Å². The summed E-state index contributed by atoms with van der Waals surface area (Å²) in [5, 5.41) is 6.12. The lowest BCUT2D eigenvalue weighted by Gasteiger charge is -2.09. The number of benzene rings is 1. The molecule has 1 N–H and O–H groups in total. The molecular weight excluding hydrogens is 232 g/mol. The van der Waals surface area contributed by atoms with Gasteiger partial charge >= 0.3 is 0 Å². The number of amides is 1. The third kappa shape index (κ3) is 2.51. The van der Waals surface area contributed by atoms with E-state index in [2.05, 4.69) is 10.5 Å². The van der Waals surface area contributed by atoms with Crippen LogP contribution in [0.25, 0.3) is 0 Å². The molecule has 2 aromatic rings. The summed E-state index contributed by atoms with van der Waals surface area (Å²) in [6, 6.07) is 7.07. The summed E-state index contributed by atoms with van der Waals surface area (Å²) in [6.45, 7) is 2.04. The largest absolute Gasteiger partial charge is 0.496 e. The van der Waals surface area contributed by atoms with Crippen molar-refractivity contribution in [2.45, 2.75) is 13.3 Å². The van der Waals surface area contributed by atoms with Crippen molar-refractivity contribution in [2.24, 2.45) is 0 Å². The molecule has 0 spiro atoms. The molecule has 1 amide bonds. The van der Waals surface area contributed by atoms with E-state index in [1.54, 1.807) is 19.2 Å². The van der Waals surface area contributed by atoms with E-state index < -0.39 is 0 Å². The Morgan fingerprint density at radius 1 is 1.44 bits per heavy atom. The van der Waals surface area contributed by atoms with Gasteiger partial charge in [-0.3, -0.25) is 10.1 Å². The van der Waals surface area contributed by atoms with Gasteiger partial charge < -0.3 is 9.26 Å². The number of nitrogens with one attached hydrogen (secondary N) is 1. The molecule has 0 fully saturated rings. The summed E-state index contributed by atoms with van der Waals surface area (Å²) in [5.74, 6) is 0.569. The van der Waals surface area contributed by atoms with E-state index in [0.717, 1.165) is 12.0 Å². The number of aromatic nitrogens is 1. The minimum absolute atomic E-state index is 0.286. The summed E-state index contributed by atoms with van der Waals surface area (Å²) in [7, 11) is 1.54. The SMILES string of the molecule is CCc1ccc(C(=O)Nc2ccno2)c(OC)c1. The fourth-order valence-electron chi connectivity index (χ4n) is 1.60. The predicted molar refractivity (Wildman–Crippen MR) is 66.8 cm³/mol. The fourth-order valence-corrected chi connectivity index (χ4v) is 1.60. The molecule has 94 valence electrons. The molecule has 18 heavy (non-hydrogen) atoms. The maximum Gasteiger partial charge on any atom is 0.261 e. The van der Waals surface area contributed by atoms with Crippen LogP contribution in [0.1, 0.15) is 22.8 Å².